The van der Waals surface area contributed by atoms with E-state index in [1.807, 2.05) is 42.9 Å². The van der Waals surface area contributed by atoms with Gasteiger partial charge in [-0.15, -0.1) is 19.3 Å². The van der Waals surface area contributed by atoms with Crippen molar-refractivity contribution in [3.8, 4) is 6.13 Å². The maximum absolute atomic E-state index is 4.81. The molecule has 3 unspecified atom stereocenters. The van der Waals surface area contributed by atoms with E-state index in [9.17, 15) is 0 Å². The molecule has 0 saturated carbocycles. The SMILES string of the molecule is C#[P+]I.C=CC(C)C(CC)CCN1CC(c2ccc(C)cc2CCC)CCc2ccc([N-]C)cc21.CC.C[C-](C)C.[Y]. The Hall–Kier alpha value is -0.176. The van der Waals surface area contributed by atoms with Crippen LogP contribution in [0.5, 0.6) is 0 Å². The molecule has 42 heavy (non-hydrogen) atoms. The number of allylic oxidation sites excluding steroid dienone is 1. The first-order valence-corrected chi connectivity index (χ1v) is 19.4. The summed E-state index contributed by atoms with van der Waals surface area (Å²) in [7, 11) is 1.90. The monoisotopic (exact) mass is 778 g/mol. The molecule has 1 aliphatic rings. The number of rotatable bonds is 10. The van der Waals surface area contributed by atoms with Gasteiger partial charge in [0, 0.05) is 57.4 Å². The average Bonchev–Trinajstić information content (AvgIpc) is 3.13. The van der Waals surface area contributed by atoms with Gasteiger partial charge in [-0.25, -0.2) is 0 Å². The Bertz CT molecular complexity index is 1030. The van der Waals surface area contributed by atoms with E-state index in [0.717, 1.165) is 30.9 Å². The Morgan fingerprint density at radius 2 is 1.79 bits per heavy atom. The predicted octanol–water partition coefficient (Wildman–Crippen LogP) is 12.9. The van der Waals surface area contributed by atoms with Crippen LogP contribution in [0.25, 0.3) is 5.32 Å². The largest absolute Gasteiger partial charge is 0.687 e. The second-order valence-electron chi connectivity index (χ2n) is 11.3. The molecule has 3 rings (SSSR count). The third-order valence-electron chi connectivity index (χ3n) is 7.54. The molecule has 0 spiro atoms. The number of fused-ring (bicyclic) bond motifs is 1. The first-order valence-electron chi connectivity index (χ1n) is 15.6. The molecule has 1 heterocycles. The van der Waals surface area contributed by atoms with Gasteiger partial charge < -0.3 is 16.1 Å². The molecule has 0 aliphatic carbocycles. The predicted molar refractivity (Wildman–Crippen MR) is 199 cm³/mol. The molecule has 1 aliphatic heterocycles. The molecular formula is C37H59IN2PY-. The molecule has 5 heteroatoms. The van der Waals surface area contributed by atoms with Crippen molar-refractivity contribution in [3.05, 3.63) is 82.5 Å². The molecule has 2 aromatic carbocycles. The van der Waals surface area contributed by atoms with Gasteiger partial charge in [0.25, 0.3) is 0 Å². The summed E-state index contributed by atoms with van der Waals surface area (Å²) >= 11 is 2.04. The second-order valence-corrected chi connectivity index (χ2v) is 13.2. The molecule has 1 radical (unpaired) electrons. The van der Waals surface area contributed by atoms with Crippen LogP contribution in [0.4, 0.5) is 11.4 Å². The van der Waals surface area contributed by atoms with Crippen LogP contribution < -0.4 is 4.90 Å². The number of hydrogen-bond donors (Lipinski definition) is 0. The summed E-state index contributed by atoms with van der Waals surface area (Å²) in [6.45, 7) is 25.7. The van der Waals surface area contributed by atoms with Crippen molar-refractivity contribution in [2.75, 3.05) is 25.0 Å². The van der Waals surface area contributed by atoms with Crippen LogP contribution in [0.2, 0.25) is 0 Å². The quantitative estimate of drug-likeness (QED) is 0.102. The summed E-state index contributed by atoms with van der Waals surface area (Å²) in [5.41, 5.74) is 9.36. The molecule has 0 aromatic heterocycles. The molecule has 0 saturated heterocycles. The molecule has 2 aromatic rings. The fraction of sp³-hybridized carbons (Fsp3) is 0.568. The van der Waals surface area contributed by atoms with Crippen LogP contribution in [0.15, 0.2) is 49.1 Å². The van der Waals surface area contributed by atoms with Crippen LogP contribution in [0.1, 0.15) is 109 Å². The van der Waals surface area contributed by atoms with Crippen molar-refractivity contribution in [2.45, 2.75) is 107 Å². The van der Waals surface area contributed by atoms with Crippen molar-refractivity contribution in [1.82, 2.24) is 0 Å². The number of hydrogen-bond acceptors (Lipinski definition) is 1. The second kappa shape index (κ2) is 26.1. The topological polar surface area (TPSA) is 17.3 Å². The average molecular weight is 779 g/mol. The molecule has 3 atom stereocenters. The van der Waals surface area contributed by atoms with Crippen molar-refractivity contribution < 1.29 is 32.7 Å². The maximum atomic E-state index is 4.81. The minimum Gasteiger partial charge on any atom is -0.687 e. The van der Waals surface area contributed by atoms with Crippen LogP contribution in [-0.4, -0.2) is 20.1 Å². The van der Waals surface area contributed by atoms with Gasteiger partial charge in [0.15, 0.2) is 0 Å². The fourth-order valence-corrected chi connectivity index (χ4v) is 5.42. The normalized spacial score (nSPS) is 14.9. The van der Waals surface area contributed by atoms with Gasteiger partial charge in [0.05, 0.1) is 0 Å². The Labute approximate surface area is 301 Å². The van der Waals surface area contributed by atoms with Gasteiger partial charge >= 0.3 is 33.8 Å². The molecule has 0 bridgehead atoms. The van der Waals surface area contributed by atoms with Gasteiger partial charge in [-0.1, -0.05) is 95.5 Å². The molecule has 233 valence electrons. The summed E-state index contributed by atoms with van der Waals surface area (Å²) in [6, 6.07) is 14.0. The van der Waals surface area contributed by atoms with Crippen LogP contribution in [-0.2, 0) is 45.6 Å². The van der Waals surface area contributed by atoms with Crippen molar-refractivity contribution in [2.24, 2.45) is 11.8 Å². The Kier molecular flexibility index (Phi) is 27.3. The standard InChI is InChI=1S/C30H43N2.C4H9.C2H6.CHIP.Y/c1-7-10-26-19-22(4)11-16-29(26)27-13-12-25-14-15-28(31-6)20-30(25)32(21-27)18-17-24(9-3)23(5)8-2;1-4(2)3;1-2;1-3-2;/h8,11,14-16,19-20,23-24,27H,2,7,9-10,12-13,17-18,21H2,1,3-6H3;1-3H3;1-2H3;1H;/q2*-1;;+1;. The Morgan fingerprint density at radius 1 is 1.17 bits per heavy atom. The Morgan fingerprint density at radius 3 is 2.31 bits per heavy atom. The van der Waals surface area contributed by atoms with E-state index in [1.54, 1.807) is 11.1 Å². The van der Waals surface area contributed by atoms with Crippen LogP contribution in [0.3, 0.4) is 0 Å². The summed E-state index contributed by atoms with van der Waals surface area (Å²) in [5.74, 6) is 3.24. The number of benzene rings is 2. The van der Waals surface area contributed by atoms with Crippen molar-refractivity contribution in [3.63, 3.8) is 0 Å². The number of nitrogens with zero attached hydrogens (tertiary/aromatic N) is 2. The van der Waals surface area contributed by atoms with Crippen LogP contribution in [0, 0.1) is 30.8 Å². The van der Waals surface area contributed by atoms with Gasteiger partial charge in [-0.3, -0.25) is 0 Å². The zero-order valence-electron chi connectivity index (χ0n) is 28.5. The zero-order valence-corrected chi connectivity index (χ0v) is 34.4. The van der Waals surface area contributed by atoms with E-state index in [-0.39, 0.29) is 32.7 Å². The van der Waals surface area contributed by atoms with E-state index in [0.29, 0.717) is 17.8 Å². The summed E-state index contributed by atoms with van der Waals surface area (Å²) in [4.78, 5) is 2.68. The van der Waals surface area contributed by atoms with Gasteiger partial charge in [-0.2, -0.15) is 20.8 Å². The van der Waals surface area contributed by atoms with Crippen LogP contribution >= 0.6 is 27.7 Å². The number of halogens is 1. The number of anilines is 1. The van der Waals surface area contributed by atoms with Gasteiger partial charge in [0.1, 0.15) is 0 Å². The Balaban J connectivity index is 0. The third kappa shape index (κ3) is 16.2. The first-order chi connectivity index (χ1) is 19.6. The van der Waals surface area contributed by atoms with Gasteiger partial charge in [0.2, 0.25) is 0 Å². The summed E-state index contributed by atoms with van der Waals surface area (Å²) in [6.07, 6.45) is 14.1. The van der Waals surface area contributed by atoms with Gasteiger partial charge in [-0.05, 0) is 61.1 Å². The minimum atomic E-state index is 0. The third-order valence-corrected chi connectivity index (χ3v) is 7.54. The first kappa shape index (κ1) is 44.0. The fourth-order valence-electron chi connectivity index (χ4n) is 5.42. The smallest absolute Gasteiger partial charge is 0.0386 e. The van der Waals surface area contributed by atoms with E-state index in [2.05, 4.69) is 108 Å². The maximum Gasteiger partial charge on any atom is 0.0386 e. The number of aryl methyl sites for hydroxylation is 3. The summed E-state index contributed by atoms with van der Waals surface area (Å²) < 4.78 is 0. The zero-order chi connectivity index (χ0) is 31.4. The van der Waals surface area contributed by atoms with E-state index < -0.39 is 0 Å². The molecule has 0 N–H and O–H groups in total. The molecular weight excluding hydrogens is 719 g/mol. The van der Waals surface area contributed by atoms with Crippen molar-refractivity contribution >= 4 is 39.1 Å². The molecule has 0 fully saturated rings. The van der Waals surface area contributed by atoms with Crippen molar-refractivity contribution in [1.29, 1.82) is 0 Å². The molecule has 0 amide bonds. The van der Waals surface area contributed by atoms with E-state index in [4.69, 9.17) is 6.13 Å². The minimum absolute atomic E-state index is 0. The van der Waals surface area contributed by atoms with E-state index in [1.165, 1.54) is 54.8 Å². The molecule has 2 nitrogen and oxygen atoms in total. The van der Waals surface area contributed by atoms with E-state index >= 15 is 0 Å². The summed E-state index contributed by atoms with van der Waals surface area (Å²) in [5, 5.41) is 4.48.